The first-order valence-electron chi connectivity index (χ1n) is 9.63. The molecule has 2 N–H and O–H groups in total. The number of benzene rings is 2. The highest BCUT2D eigenvalue weighted by Gasteiger charge is 2.32. The van der Waals surface area contributed by atoms with Crippen LogP contribution in [-0.2, 0) is 28.0 Å². The van der Waals surface area contributed by atoms with Crippen LogP contribution in [0, 0.1) is 5.92 Å². The number of carbonyl (C=O) groups excluding carboxylic acids is 2. The van der Waals surface area contributed by atoms with E-state index in [1.165, 1.54) is 10.4 Å². The zero-order valence-electron chi connectivity index (χ0n) is 16.8. The Bertz CT molecular complexity index is 1060. The van der Waals surface area contributed by atoms with Gasteiger partial charge in [0.1, 0.15) is 6.04 Å². The molecular formula is C21H24ClN3O4S. The van der Waals surface area contributed by atoms with Gasteiger partial charge in [-0.2, -0.15) is 12.7 Å². The van der Waals surface area contributed by atoms with Gasteiger partial charge in [0.15, 0.2) is 0 Å². The highest BCUT2D eigenvalue weighted by Crippen LogP contribution is 2.20. The van der Waals surface area contributed by atoms with Crippen molar-refractivity contribution in [3.8, 4) is 0 Å². The normalized spacial score (nSPS) is 15.3. The molecule has 160 valence electrons. The Morgan fingerprint density at radius 3 is 2.33 bits per heavy atom. The van der Waals surface area contributed by atoms with Crippen molar-refractivity contribution in [2.24, 2.45) is 5.92 Å². The van der Waals surface area contributed by atoms with Crippen molar-refractivity contribution in [1.29, 1.82) is 0 Å². The standard InChI is InChI=1S/C21H24ClN3O4S/c1-14(2)19(23-20(26)17-9-5-6-10-18(17)22)21(27)24-30(28,29)25-12-11-15-7-3-4-8-16(15)13-25/h3-10,14,19H,11-13H2,1-2H3,(H,23,26)(H,24,27)/t19-/m1/s1. The van der Waals surface area contributed by atoms with E-state index in [1.54, 1.807) is 32.0 Å². The second-order valence-electron chi connectivity index (χ2n) is 7.50. The SMILES string of the molecule is CC(C)[C@@H](NC(=O)c1ccccc1Cl)C(=O)NS(=O)(=O)N1CCc2ccccc2C1. The molecule has 1 aliphatic rings. The van der Waals surface area contributed by atoms with E-state index in [1.807, 2.05) is 24.3 Å². The molecule has 2 aromatic carbocycles. The largest absolute Gasteiger partial charge is 0.340 e. The summed E-state index contributed by atoms with van der Waals surface area (Å²) in [6.45, 7) is 3.91. The average molecular weight is 450 g/mol. The lowest BCUT2D eigenvalue weighted by Gasteiger charge is -2.29. The number of nitrogens with zero attached hydrogens (tertiary/aromatic N) is 1. The molecule has 3 rings (SSSR count). The number of halogens is 1. The smallest absolute Gasteiger partial charge is 0.304 e. The van der Waals surface area contributed by atoms with E-state index in [-0.39, 0.29) is 29.6 Å². The zero-order chi connectivity index (χ0) is 21.9. The molecule has 2 aromatic rings. The maximum Gasteiger partial charge on any atom is 0.304 e. The fraction of sp³-hybridized carbons (Fsp3) is 0.333. The molecule has 9 heteroatoms. The van der Waals surface area contributed by atoms with Crippen LogP contribution in [0.15, 0.2) is 48.5 Å². The van der Waals surface area contributed by atoms with Crippen LogP contribution in [0.5, 0.6) is 0 Å². The molecule has 30 heavy (non-hydrogen) atoms. The van der Waals surface area contributed by atoms with Crippen LogP contribution >= 0.6 is 11.6 Å². The number of amides is 2. The summed E-state index contributed by atoms with van der Waals surface area (Å²) in [5, 5.41) is 2.84. The first kappa shape index (κ1) is 22.3. The molecule has 0 aliphatic carbocycles. The Hall–Kier alpha value is -2.42. The maximum atomic E-state index is 12.8. The quantitative estimate of drug-likeness (QED) is 0.708. The lowest BCUT2D eigenvalue weighted by atomic mass is 10.0. The lowest BCUT2D eigenvalue weighted by molar-refractivity contribution is -0.122. The van der Waals surface area contributed by atoms with Crippen LogP contribution in [0.1, 0.15) is 35.3 Å². The van der Waals surface area contributed by atoms with E-state index in [0.29, 0.717) is 6.42 Å². The van der Waals surface area contributed by atoms with Crippen LogP contribution in [0.25, 0.3) is 0 Å². The summed E-state index contributed by atoms with van der Waals surface area (Å²) in [7, 11) is -4.06. The van der Waals surface area contributed by atoms with Crippen molar-refractivity contribution in [3.63, 3.8) is 0 Å². The van der Waals surface area contributed by atoms with Gasteiger partial charge in [0.2, 0.25) is 0 Å². The molecule has 0 spiro atoms. The topological polar surface area (TPSA) is 95.6 Å². The van der Waals surface area contributed by atoms with Crippen molar-refractivity contribution < 1.29 is 18.0 Å². The third kappa shape index (κ3) is 5.00. The third-order valence-electron chi connectivity index (χ3n) is 5.02. The molecule has 0 bridgehead atoms. The lowest BCUT2D eigenvalue weighted by Crippen LogP contribution is -2.54. The van der Waals surface area contributed by atoms with Crippen molar-refractivity contribution in [2.45, 2.75) is 32.9 Å². The fourth-order valence-corrected chi connectivity index (χ4v) is 4.70. The second-order valence-corrected chi connectivity index (χ2v) is 9.58. The summed E-state index contributed by atoms with van der Waals surface area (Å²) >= 11 is 6.05. The Kier molecular flexibility index (Phi) is 6.80. The van der Waals surface area contributed by atoms with Crippen LogP contribution in [0.4, 0.5) is 0 Å². The summed E-state index contributed by atoms with van der Waals surface area (Å²) in [5.41, 5.74) is 2.23. The van der Waals surface area contributed by atoms with Crippen molar-refractivity contribution >= 4 is 33.6 Å². The third-order valence-corrected chi connectivity index (χ3v) is 6.80. The van der Waals surface area contributed by atoms with Crippen LogP contribution in [0.2, 0.25) is 5.02 Å². The molecule has 7 nitrogen and oxygen atoms in total. The summed E-state index contributed by atoms with van der Waals surface area (Å²) in [6, 6.07) is 13.0. The van der Waals surface area contributed by atoms with E-state index in [2.05, 4.69) is 10.0 Å². The Labute approximate surface area is 181 Å². The highest BCUT2D eigenvalue weighted by atomic mass is 35.5. The van der Waals surface area contributed by atoms with Gasteiger partial charge in [-0.25, -0.2) is 4.72 Å². The number of hydrogen-bond acceptors (Lipinski definition) is 4. The molecule has 0 saturated carbocycles. The van der Waals surface area contributed by atoms with Crippen LogP contribution in [-0.4, -0.2) is 37.1 Å². The number of hydrogen-bond donors (Lipinski definition) is 2. The van der Waals surface area contributed by atoms with E-state index in [4.69, 9.17) is 11.6 Å². The van der Waals surface area contributed by atoms with Crippen LogP contribution in [0.3, 0.4) is 0 Å². The predicted octanol–water partition coefficient (Wildman–Crippen LogP) is 2.51. The van der Waals surface area contributed by atoms with Gasteiger partial charge >= 0.3 is 10.2 Å². The zero-order valence-corrected chi connectivity index (χ0v) is 18.3. The van der Waals surface area contributed by atoms with Gasteiger partial charge in [0.25, 0.3) is 11.8 Å². The molecule has 0 fully saturated rings. The minimum absolute atomic E-state index is 0.192. The average Bonchev–Trinajstić information content (AvgIpc) is 2.71. The molecule has 0 saturated heterocycles. The maximum absolute atomic E-state index is 12.8. The van der Waals surface area contributed by atoms with E-state index in [0.717, 1.165) is 11.1 Å². The van der Waals surface area contributed by atoms with Gasteiger partial charge < -0.3 is 5.32 Å². The van der Waals surface area contributed by atoms with Gasteiger partial charge in [-0.1, -0.05) is 61.8 Å². The van der Waals surface area contributed by atoms with E-state index >= 15 is 0 Å². The summed E-state index contributed by atoms with van der Waals surface area (Å²) in [5.74, 6) is -1.67. The van der Waals surface area contributed by atoms with Gasteiger partial charge in [-0.05, 0) is 35.6 Å². The van der Waals surface area contributed by atoms with Crippen molar-refractivity contribution in [1.82, 2.24) is 14.3 Å². The number of fused-ring (bicyclic) bond motifs is 1. The molecule has 1 heterocycles. The molecule has 0 radical (unpaired) electrons. The van der Waals surface area contributed by atoms with E-state index < -0.39 is 28.1 Å². The summed E-state index contributed by atoms with van der Waals surface area (Å²) in [6.07, 6.45) is 0.572. The van der Waals surface area contributed by atoms with Gasteiger partial charge in [-0.15, -0.1) is 0 Å². The molecule has 2 amide bonds. The molecule has 1 aliphatic heterocycles. The molecule has 1 atom stereocenters. The van der Waals surface area contributed by atoms with Crippen molar-refractivity contribution in [2.75, 3.05) is 6.54 Å². The monoisotopic (exact) mass is 449 g/mol. The molecule has 0 aromatic heterocycles. The Morgan fingerprint density at radius 1 is 1.03 bits per heavy atom. The number of carbonyl (C=O) groups is 2. The molecule has 0 unspecified atom stereocenters. The fourth-order valence-electron chi connectivity index (χ4n) is 3.33. The first-order valence-corrected chi connectivity index (χ1v) is 11.4. The first-order chi connectivity index (χ1) is 14.2. The minimum atomic E-state index is -4.06. The second kappa shape index (κ2) is 9.16. The van der Waals surface area contributed by atoms with E-state index in [9.17, 15) is 18.0 Å². The highest BCUT2D eigenvalue weighted by molar-refractivity contribution is 7.87. The van der Waals surface area contributed by atoms with Crippen LogP contribution < -0.4 is 10.0 Å². The minimum Gasteiger partial charge on any atom is -0.340 e. The molecular weight excluding hydrogens is 426 g/mol. The van der Waals surface area contributed by atoms with Crippen molar-refractivity contribution in [3.05, 3.63) is 70.2 Å². The van der Waals surface area contributed by atoms with Gasteiger partial charge in [0, 0.05) is 13.1 Å². The predicted molar refractivity (Wildman–Crippen MR) is 115 cm³/mol. The summed E-state index contributed by atoms with van der Waals surface area (Å²) < 4.78 is 29.0. The Morgan fingerprint density at radius 2 is 1.67 bits per heavy atom. The summed E-state index contributed by atoms with van der Waals surface area (Å²) in [4.78, 5) is 25.3. The van der Waals surface area contributed by atoms with Gasteiger partial charge in [-0.3, -0.25) is 9.59 Å². The Balaban J connectivity index is 1.72. The number of rotatable bonds is 6. The van der Waals surface area contributed by atoms with Gasteiger partial charge in [0.05, 0.1) is 10.6 Å². The number of nitrogens with one attached hydrogen (secondary N) is 2.